The van der Waals surface area contributed by atoms with Crippen molar-refractivity contribution in [3.8, 4) is 0 Å². The molecule has 0 spiro atoms. The Bertz CT molecular complexity index is 928. The Hall–Kier alpha value is -2.44. The van der Waals surface area contributed by atoms with Gasteiger partial charge in [-0.2, -0.15) is 0 Å². The Kier molecular flexibility index (Phi) is 3.52. The highest BCUT2D eigenvalue weighted by Gasteiger charge is 2.34. The van der Waals surface area contributed by atoms with Gasteiger partial charge in [0.2, 0.25) is 11.8 Å². The van der Waals surface area contributed by atoms with Crippen LogP contribution in [0.4, 0.5) is 0 Å². The number of aromatic nitrogens is 1. The molecule has 0 bridgehead atoms. The molecule has 3 aliphatic rings. The van der Waals surface area contributed by atoms with E-state index in [0.29, 0.717) is 25.0 Å². The average Bonchev–Trinajstić information content (AvgIpc) is 3.00. The van der Waals surface area contributed by atoms with Crippen LogP contribution in [0.3, 0.4) is 0 Å². The van der Waals surface area contributed by atoms with Crippen LogP contribution in [0.25, 0.3) is 16.5 Å². The van der Waals surface area contributed by atoms with E-state index in [-0.39, 0.29) is 11.8 Å². The summed E-state index contributed by atoms with van der Waals surface area (Å²) in [6.45, 7) is 2.28. The van der Waals surface area contributed by atoms with Crippen LogP contribution in [0, 0.1) is 5.92 Å². The number of piperazine rings is 1. The van der Waals surface area contributed by atoms with E-state index in [1.54, 1.807) is 0 Å². The number of hydrogen-bond acceptors (Lipinski definition) is 4. The largest absolute Gasteiger partial charge is 0.361 e. The Morgan fingerprint density at radius 3 is 2.81 bits per heavy atom. The molecule has 3 heterocycles. The maximum Gasteiger partial charge on any atom is 0.240 e. The van der Waals surface area contributed by atoms with Crippen LogP contribution in [0.1, 0.15) is 11.1 Å². The number of carbonyl (C=O) groups excluding carboxylic acids is 2. The first-order valence-electron chi connectivity index (χ1n) is 9.15. The van der Waals surface area contributed by atoms with Crippen molar-refractivity contribution in [1.82, 2.24) is 20.1 Å². The van der Waals surface area contributed by atoms with E-state index in [4.69, 9.17) is 0 Å². The monoisotopic (exact) mass is 350 g/mol. The van der Waals surface area contributed by atoms with Crippen LogP contribution < -0.4 is 5.32 Å². The molecule has 1 aromatic carbocycles. The van der Waals surface area contributed by atoms with E-state index in [1.807, 2.05) is 4.90 Å². The average molecular weight is 350 g/mol. The number of aromatic amines is 1. The fourth-order valence-electron chi connectivity index (χ4n) is 4.82. The predicted molar refractivity (Wildman–Crippen MR) is 99.5 cm³/mol. The SMILES string of the molecule is CN1C[C@@H](CN2CC(=O)NC(=O)C2)C=C2c3cccc4[nH]cc(c34)C[C@H]21. The fraction of sp³-hybridized carbons (Fsp3) is 0.400. The molecule has 2 aromatic rings. The number of fused-ring (bicyclic) bond motifs is 2. The summed E-state index contributed by atoms with van der Waals surface area (Å²) in [5.74, 6) is -0.0913. The lowest BCUT2D eigenvalue weighted by molar-refractivity contribution is -0.136. The highest BCUT2D eigenvalue weighted by atomic mass is 16.2. The molecule has 0 saturated carbocycles. The van der Waals surface area contributed by atoms with Crippen molar-refractivity contribution in [3.63, 3.8) is 0 Å². The third kappa shape index (κ3) is 2.48. The molecule has 5 rings (SSSR count). The summed E-state index contributed by atoms with van der Waals surface area (Å²) in [4.78, 5) is 31.1. The Balaban J connectivity index is 1.48. The number of hydrogen-bond donors (Lipinski definition) is 2. The van der Waals surface area contributed by atoms with E-state index in [1.165, 1.54) is 27.6 Å². The number of amides is 2. The third-order valence-electron chi connectivity index (χ3n) is 5.85. The second kappa shape index (κ2) is 5.79. The van der Waals surface area contributed by atoms with Crippen molar-refractivity contribution in [2.24, 2.45) is 5.92 Å². The van der Waals surface area contributed by atoms with Gasteiger partial charge in [-0.3, -0.25) is 24.7 Å². The van der Waals surface area contributed by atoms with Gasteiger partial charge in [0.1, 0.15) is 0 Å². The van der Waals surface area contributed by atoms with Crippen LogP contribution in [-0.2, 0) is 16.0 Å². The lowest BCUT2D eigenvalue weighted by Gasteiger charge is -2.41. The first kappa shape index (κ1) is 15.8. The number of benzene rings is 1. The van der Waals surface area contributed by atoms with Crippen molar-refractivity contribution in [2.75, 3.05) is 33.2 Å². The summed E-state index contributed by atoms with van der Waals surface area (Å²) in [7, 11) is 2.18. The van der Waals surface area contributed by atoms with Crippen LogP contribution in [0.15, 0.2) is 30.5 Å². The maximum absolute atomic E-state index is 11.6. The van der Waals surface area contributed by atoms with Crippen molar-refractivity contribution < 1.29 is 9.59 Å². The second-order valence-corrected chi connectivity index (χ2v) is 7.72. The molecule has 1 aromatic heterocycles. The van der Waals surface area contributed by atoms with E-state index in [2.05, 4.69) is 52.7 Å². The number of rotatable bonds is 2. The van der Waals surface area contributed by atoms with Gasteiger partial charge in [0.25, 0.3) is 0 Å². The zero-order valence-corrected chi connectivity index (χ0v) is 14.8. The normalized spacial score (nSPS) is 26.6. The molecule has 2 aliphatic heterocycles. The summed E-state index contributed by atoms with van der Waals surface area (Å²) in [5, 5.41) is 3.72. The Morgan fingerprint density at radius 2 is 2.00 bits per heavy atom. The molecule has 0 radical (unpaired) electrons. The summed E-state index contributed by atoms with van der Waals surface area (Å²) in [5.41, 5.74) is 5.29. The molecule has 2 amide bonds. The van der Waals surface area contributed by atoms with Crippen molar-refractivity contribution in [2.45, 2.75) is 12.5 Å². The smallest absolute Gasteiger partial charge is 0.240 e. The minimum absolute atomic E-state index is 0.199. The second-order valence-electron chi connectivity index (χ2n) is 7.72. The van der Waals surface area contributed by atoms with Gasteiger partial charge in [-0.1, -0.05) is 18.2 Å². The number of H-pyrrole nitrogens is 1. The summed E-state index contributed by atoms with van der Waals surface area (Å²) >= 11 is 0. The number of likely N-dealkylation sites (N-methyl/N-ethyl adjacent to an activating group) is 1. The molecule has 0 unspecified atom stereocenters. The van der Waals surface area contributed by atoms with Crippen LogP contribution in [-0.4, -0.2) is 65.9 Å². The number of imide groups is 1. The summed E-state index contributed by atoms with van der Waals surface area (Å²) < 4.78 is 0. The van der Waals surface area contributed by atoms with E-state index < -0.39 is 0 Å². The predicted octanol–water partition coefficient (Wildman–Crippen LogP) is 0.996. The molecule has 6 heteroatoms. The molecule has 6 nitrogen and oxygen atoms in total. The van der Waals surface area contributed by atoms with Crippen molar-refractivity contribution in [3.05, 3.63) is 41.6 Å². The van der Waals surface area contributed by atoms with Crippen LogP contribution in [0.5, 0.6) is 0 Å². The topological polar surface area (TPSA) is 68.4 Å². The zero-order chi connectivity index (χ0) is 17.8. The molecule has 2 atom stereocenters. The first-order chi connectivity index (χ1) is 12.6. The molecule has 2 N–H and O–H groups in total. The van der Waals surface area contributed by atoms with Crippen LogP contribution >= 0.6 is 0 Å². The van der Waals surface area contributed by atoms with Gasteiger partial charge in [-0.05, 0) is 36.2 Å². The van der Waals surface area contributed by atoms with E-state index in [0.717, 1.165) is 19.5 Å². The third-order valence-corrected chi connectivity index (χ3v) is 5.85. The fourth-order valence-corrected chi connectivity index (χ4v) is 4.82. The Morgan fingerprint density at radius 1 is 1.19 bits per heavy atom. The summed E-state index contributed by atoms with van der Waals surface area (Å²) in [6.07, 6.45) is 5.55. The van der Waals surface area contributed by atoms with Gasteiger partial charge in [0, 0.05) is 42.1 Å². The molecule has 1 saturated heterocycles. The molecule has 1 aliphatic carbocycles. The number of carbonyl (C=O) groups is 2. The maximum atomic E-state index is 11.6. The molecule has 1 fully saturated rings. The highest BCUT2D eigenvalue weighted by molar-refractivity contribution is 5.99. The van der Waals surface area contributed by atoms with Crippen molar-refractivity contribution >= 4 is 28.3 Å². The molecule has 134 valence electrons. The quantitative estimate of drug-likeness (QED) is 0.793. The number of nitrogens with one attached hydrogen (secondary N) is 2. The summed E-state index contributed by atoms with van der Waals surface area (Å²) in [6, 6.07) is 6.85. The van der Waals surface area contributed by atoms with Gasteiger partial charge in [-0.15, -0.1) is 0 Å². The zero-order valence-electron chi connectivity index (χ0n) is 14.8. The Labute approximate surface area is 151 Å². The van der Waals surface area contributed by atoms with Gasteiger partial charge in [-0.25, -0.2) is 0 Å². The standard InChI is InChI=1S/C20H22N4O2/c1-23-8-12(9-24-10-18(25)22-19(26)11-24)5-15-14-3-2-4-16-20(14)13(7-21-16)6-17(15)23/h2-5,7,12,17,21H,6,8-11H2,1H3,(H,22,25,26)/t12-,17+/m0/s1. The molecular formula is C20H22N4O2. The van der Waals surface area contributed by atoms with E-state index >= 15 is 0 Å². The van der Waals surface area contributed by atoms with Crippen LogP contribution in [0.2, 0.25) is 0 Å². The first-order valence-corrected chi connectivity index (χ1v) is 9.15. The lowest BCUT2D eigenvalue weighted by atomic mass is 9.80. The lowest BCUT2D eigenvalue weighted by Crippen LogP contribution is -2.53. The van der Waals surface area contributed by atoms with Gasteiger partial charge in [0.05, 0.1) is 13.1 Å². The molecular weight excluding hydrogens is 328 g/mol. The van der Waals surface area contributed by atoms with Gasteiger partial charge in [0.15, 0.2) is 0 Å². The van der Waals surface area contributed by atoms with Crippen molar-refractivity contribution in [1.29, 1.82) is 0 Å². The highest BCUT2D eigenvalue weighted by Crippen LogP contribution is 2.40. The minimum atomic E-state index is -0.199. The molecule has 26 heavy (non-hydrogen) atoms. The van der Waals surface area contributed by atoms with Gasteiger partial charge < -0.3 is 4.98 Å². The minimum Gasteiger partial charge on any atom is -0.361 e. The van der Waals surface area contributed by atoms with E-state index in [9.17, 15) is 9.59 Å². The number of nitrogens with zero attached hydrogens (tertiary/aromatic N) is 2. The van der Waals surface area contributed by atoms with Gasteiger partial charge >= 0.3 is 0 Å².